The lowest BCUT2D eigenvalue weighted by Crippen LogP contribution is -2.34. The van der Waals surface area contributed by atoms with E-state index >= 15 is 0 Å². The molecule has 1 aliphatic rings. The van der Waals surface area contributed by atoms with Gasteiger partial charge in [0, 0.05) is 39.0 Å². The first kappa shape index (κ1) is 28.0. The van der Waals surface area contributed by atoms with Gasteiger partial charge in [-0.3, -0.25) is 4.98 Å². The number of rotatable bonds is 3. The van der Waals surface area contributed by atoms with Gasteiger partial charge in [0.25, 0.3) is 0 Å². The largest absolute Gasteiger partial charge is 0.456 e. The predicted octanol–water partition coefficient (Wildman–Crippen LogP) is 11.2. The number of pyridine rings is 1. The minimum Gasteiger partial charge on any atom is -0.456 e. The molecule has 8 aromatic carbocycles. The molecular formula is C46H28N4O. The summed E-state index contributed by atoms with van der Waals surface area (Å²) >= 11 is 0. The molecule has 10 aromatic rings. The Kier molecular flexibility index (Phi) is 5.95. The summed E-state index contributed by atoms with van der Waals surface area (Å²) in [5.74, 6) is 1.40. The molecule has 5 nitrogen and oxygen atoms in total. The van der Waals surface area contributed by atoms with Crippen LogP contribution in [0.3, 0.4) is 0 Å². The zero-order valence-corrected chi connectivity index (χ0v) is 27.3. The van der Waals surface area contributed by atoms with Crippen LogP contribution in [0.2, 0.25) is 0 Å². The Bertz CT molecular complexity index is 3140. The average molecular weight is 653 g/mol. The van der Waals surface area contributed by atoms with Crippen LogP contribution in [-0.2, 0) is 0 Å². The van der Waals surface area contributed by atoms with Crippen molar-refractivity contribution in [2.24, 2.45) is 9.98 Å². The van der Waals surface area contributed by atoms with Gasteiger partial charge in [0.05, 0.1) is 5.52 Å². The molecule has 11 rings (SSSR count). The van der Waals surface area contributed by atoms with E-state index in [4.69, 9.17) is 19.4 Å². The monoisotopic (exact) mass is 652 g/mol. The molecule has 3 heterocycles. The van der Waals surface area contributed by atoms with E-state index in [0.29, 0.717) is 5.84 Å². The van der Waals surface area contributed by atoms with Gasteiger partial charge < -0.3 is 9.73 Å². The molecule has 1 N–H and O–H groups in total. The molecule has 0 spiro atoms. The minimum atomic E-state index is -0.454. The summed E-state index contributed by atoms with van der Waals surface area (Å²) in [5, 5.41) is 16.3. The number of hydrogen-bond acceptors (Lipinski definition) is 5. The van der Waals surface area contributed by atoms with E-state index < -0.39 is 6.17 Å². The van der Waals surface area contributed by atoms with Crippen LogP contribution in [0.1, 0.15) is 22.9 Å². The number of benzene rings is 8. The highest BCUT2D eigenvalue weighted by Crippen LogP contribution is 2.38. The summed E-state index contributed by atoms with van der Waals surface area (Å²) in [7, 11) is 0. The van der Waals surface area contributed by atoms with Crippen LogP contribution >= 0.6 is 0 Å². The van der Waals surface area contributed by atoms with E-state index in [-0.39, 0.29) is 0 Å². The van der Waals surface area contributed by atoms with Crippen molar-refractivity contribution in [3.63, 3.8) is 0 Å². The first-order valence-corrected chi connectivity index (χ1v) is 17.2. The molecule has 0 saturated carbocycles. The lowest BCUT2D eigenvalue weighted by atomic mass is 9.94. The molecule has 0 radical (unpaired) electrons. The Hall–Kier alpha value is -6.85. The van der Waals surface area contributed by atoms with E-state index in [9.17, 15) is 0 Å². The van der Waals surface area contributed by atoms with Crippen LogP contribution in [-0.4, -0.2) is 16.7 Å². The van der Waals surface area contributed by atoms with Crippen molar-refractivity contribution in [3.8, 4) is 0 Å². The Labute approximate surface area is 292 Å². The SMILES string of the molecule is c1ccc2c(c1)cc(C1=NC(c3cccc4oc5ccccc5c34)NC(c3cc4c5ccccc5ccc4c4cccnc34)=N1)c1ccccc12. The third kappa shape index (κ3) is 4.25. The van der Waals surface area contributed by atoms with Crippen LogP contribution in [0, 0.1) is 0 Å². The zero-order valence-electron chi connectivity index (χ0n) is 27.3. The second kappa shape index (κ2) is 10.8. The van der Waals surface area contributed by atoms with Gasteiger partial charge in [-0.2, -0.15) is 0 Å². The van der Waals surface area contributed by atoms with E-state index in [2.05, 4.69) is 127 Å². The number of hydrogen-bond donors (Lipinski definition) is 1. The summed E-state index contributed by atoms with van der Waals surface area (Å²) < 4.78 is 6.34. The number of aliphatic imine (C=N–C) groups is 2. The van der Waals surface area contributed by atoms with E-state index in [1.54, 1.807) is 0 Å². The fourth-order valence-electron chi connectivity index (χ4n) is 8.05. The molecule has 0 fully saturated rings. The lowest BCUT2D eigenvalue weighted by molar-refractivity contribution is 0.662. The average Bonchev–Trinajstić information content (AvgIpc) is 3.59. The fourth-order valence-corrected chi connectivity index (χ4v) is 8.05. The van der Waals surface area contributed by atoms with Gasteiger partial charge in [-0.25, -0.2) is 9.98 Å². The van der Waals surface area contributed by atoms with Gasteiger partial charge in [0.15, 0.2) is 5.84 Å². The maximum atomic E-state index is 6.34. The highest BCUT2D eigenvalue weighted by molar-refractivity contribution is 6.27. The van der Waals surface area contributed by atoms with Gasteiger partial charge in [0.1, 0.15) is 23.2 Å². The maximum absolute atomic E-state index is 6.34. The first-order valence-electron chi connectivity index (χ1n) is 17.2. The Morgan fingerprint density at radius 1 is 0.490 bits per heavy atom. The van der Waals surface area contributed by atoms with Crippen LogP contribution in [0.4, 0.5) is 0 Å². The predicted molar refractivity (Wildman–Crippen MR) is 211 cm³/mol. The van der Waals surface area contributed by atoms with E-state index in [1.165, 1.54) is 21.5 Å². The van der Waals surface area contributed by atoms with E-state index in [0.717, 1.165) is 76.9 Å². The number of aromatic nitrogens is 1. The number of nitrogens with one attached hydrogen (secondary N) is 1. The van der Waals surface area contributed by atoms with Crippen molar-refractivity contribution in [1.82, 2.24) is 10.3 Å². The minimum absolute atomic E-state index is 0.454. The van der Waals surface area contributed by atoms with Gasteiger partial charge >= 0.3 is 0 Å². The standard InChI is InChI=1S/C46H28N4O/c1-3-13-29-27(11-1)22-23-33-34-19-10-24-47-43(34)39(26-37(29)33)46-49-44(36-18-9-21-41-42(36)35-17-7-8-20-40(35)51-41)48-45(50-46)38-25-28-12-2-4-14-30(28)31-15-5-6-16-32(31)38/h1-26,44H,(H,48,49,50). The summed E-state index contributed by atoms with van der Waals surface area (Å²) in [6.45, 7) is 0. The summed E-state index contributed by atoms with van der Waals surface area (Å²) in [5.41, 5.74) is 5.52. The molecule has 5 heteroatoms. The van der Waals surface area contributed by atoms with Crippen LogP contribution in [0.15, 0.2) is 172 Å². The second-order valence-electron chi connectivity index (χ2n) is 13.2. The van der Waals surface area contributed by atoms with E-state index in [1.807, 2.05) is 36.5 Å². The van der Waals surface area contributed by atoms with Gasteiger partial charge in [-0.1, -0.05) is 121 Å². The smallest absolute Gasteiger partial charge is 0.160 e. The Morgan fingerprint density at radius 2 is 1.18 bits per heavy atom. The van der Waals surface area contributed by atoms with Crippen molar-refractivity contribution < 1.29 is 4.42 Å². The van der Waals surface area contributed by atoms with Crippen LogP contribution in [0.25, 0.3) is 75.9 Å². The molecule has 0 amide bonds. The molecule has 51 heavy (non-hydrogen) atoms. The molecule has 1 atom stereocenters. The molecule has 238 valence electrons. The Balaban J connectivity index is 1.22. The highest BCUT2D eigenvalue weighted by Gasteiger charge is 2.27. The number of furan rings is 1. The number of fused-ring (bicyclic) bond motifs is 11. The summed E-state index contributed by atoms with van der Waals surface area (Å²) in [6, 6.07) is 53.2. The third-order valence-electron chi connectivity index (χ3n) is 10.3. The molecule has 1 unspecified atom stereocenters. The topological polar surface area (TPSA) is 62.8 Å². The molecule has 1 aliphatic heterocycles. The maximum Gasteiger partial charge on any atom is 0.160 e. The van der Waals surface area contributed by atoms with Gasteiger partial charge in [-0.15, -0.1) is 0 Å². The molecule has 0 bridgehead atoms. The van der Waals surface area contributed by atoms with Crippen molar-refractivity contribution in [2.45, 2.75) is 6.17 Å². The summed E-state index contributed by atoms with van der Waals surface area (Å²) in [6.07, 6.45) is 1.41. The van der Waals surface area contributed by atoms with Crippen molar-refractivity contribution in [3.05, 3.63) is 175 Å². The second-order valence-corrected chi connectivity index (χ2v) is 13.2. The fraction of sp³-hybridized carbons (Fsp3) is 0.0217. The molecular weight excluding hydrogens is 625 g/mol. The van der Waals surface area contributed by atoms with Crippen molar-refractivity contribution in [1.29, 1.82) is 0 Å². The van der Waals surface area contributed by atoms with Crippen LogP contribution < -0.4 is 5.32 Å². The summed E-state index contributed by atoms with van der Waals surface area (Å²) in [4.78, 5) is 15.8. The normalized spacial score (nSPS) is 14.9. The first-order chi connectivity index (χ1) is 25.3. The van der Waals surface area contributed by atoms with Gasteiger partial charge in [0.2, 0.25) is 0 Å². The highest BCUT2D eigenvalue weighted by atomic mass is 16.3. The number of para-hydroxylation sites is 1. The van der Waals surface area contributed by atoms with Crippen molar-refractivity contribution >= 4 is 87.6 Å². The van der Waals surface area contributed by atoms with Crippen LogP contribution in [0.5, 0.6) is 0 Å². The number of amidine groups is 2. The van der Waals surface area contributed by atoms with Crippen molar-refractivity contribution in [2.75, 3.05) is 0 Å². The molecule has 2 aromatic heterocycles. The Morgan fingerprint density at radius 3 is 2.06 bits per heavy atom. The lowest BCUT2D eigenvalue weighted by Gasteiger charge is -2.25. The quantitative estimate of drug-likeness (QED) is 0.193. The van der Waals surface area contributed by atoms with Gasteiger partial charge in [-0.05, 0) is 73.4 Å². The molecule has 0 aliphatic carbocycles. The molecule has 0 saturated heterocycles. The number of nitrogens with zero attached hydrogens (tertiary/aromatic N) is 3. The third-order valence-corrected chi connectivity index (χ3v) is 10.3. The zero-order chi connectivity index (χ0) is 33.5.